The third-order valence-electron chi connectivity index (χ3n) is 5.51. The molecule has 0 spiro atoms. The van der Waals surface area contributed by atoms with Crippen molar-refractivity contribution < 1.29 is 23.5 Å². The average molecular weight is 414 g/mol. The maximum absolute atomic E-state index is 13.4. The molecule has 1 atom stereocenters. The first kappa shape index (κ1) is 21.7. The van der Waals surface area contributed by atoms with Crippen molar-refractivity contribution in [2.24, 2.45) is 5.92 Å². The van der Waals surface area contributed by atoms with Crippen LogP contribution in [-0.4, -0.2) is 46.7 Å². The van der Waals surface area contributed by atoms with Crippen LogP contribution in [0.3, 0.4) is 0 Å². The predicted molar refractivity (Wildman–Crippen MR) is 110 cm³/mol. The van der Waals surface area contributed by atoms with Crippen LogP contribution in [-0.2, 0) is 4.74 Å². The molecule has 1 heterocycles. The fraction of sp³-hybridized carbons (Fsp3) is 0.435. The number of carbonyl (C=O) groups is 3. The van der Waals surface area contributed by atoms with Crippen molar-refractivity contribution in [3.05, 3.63) is 58.2 Å². The van der Waals surface area contributed by atoms with Crippen LogP contribution in [0.5, 0.6) is 0 Å². The molecule has 1 N–H and O–H groups in total. The van der Waals surface area contributed by atoms with Crippen molar-refractivity contribution in [1.82, 2.24) is 9.88 Å². The van der Waals surface area contributed by atoms with Gasteiger partial charge < -0.3 is 14.6 Å². The van der Waals surface area contributed by atoms with Crippen LogP contribution in [0.1, 0.15) is 69.2 Å². The molecular weight excluding hydrogens is 387 g/mol. The summed E-state index contributed by atoms with van der Waals surface area (Å²) in [5.41, 5.74) is 2.07. The van der Waals surface area contributed by atoms with Gasteiger partial charge in [0.05, 0.1) is 12.6 Å². The Morgan fingerprint density at radius 2 is 1.83 bits per heavy atom. The number of benzene rings is 1. The van der Waals surface area contributed by atoms with E-state index in [1.807, 2.05) is 0 Å². The first-order chi connectivity index (χ1) is 14.2. The number of rotatable bonds is 8. The van der Waals surface area contributed by atoms with Crippen molar-refractivity contribution in [3.63, 3.8) is 0 Å². The zero-order valence-corrected chi connectivity index (χ0v) is 17.8. The van der Waals surface area contributed by atoms with Gasteiger partial charge in [-0.25, -0.2) is 9.18 Å². The third-order valence-corrected chi connectivity index (χ3v) is 5.51. The summed E-state index contributed by atoms with van der Waals surface area (Å²) in [6.07, 6.45) is 2.03. The molecule has 1 aliphatic rings. The zero-order chi connectivity index (χ0) is 22.0. The Morgan fingerprint density at radius 1 is 1.20 bits per heavy atom. The lowest BCUT2D eigenvalue weighted by Crippen LogP contribution is -2.44. The van der Waals surface area contributed by atoms with Gasteiger partial charge in [-0.05, 0) is 76.3 Å². The number of hydrogen-bond acceptors (Lipinski definition) is 4. The topological polar surface area (TPSA) is 79.5 Å². The Hall–Kier alpha value is -2.96. The summed E-state index contributed by atoms with van der Waals surface area (Å²) in [7, 11) is 0. The lowest BCUT2D eigenvalue weighted by molar-refractivity contribution is 0.0518. The van der Waals surface area contributed by atoms with E-state index in [9.17, 15) is 18.8 Å². The standard InChI is InChI=1S/C23H27FN2O4/c1-5-30-23(29)20-13(2)19(14(3)25-20)21(27)15(4)26(12-16-6-7-16)22(28)17-8-10-18(24)11-9-17/h8-11,15-16,25H,5-7,12H2,1-4H3/t15-/m0/s1. The van der Waals surface area contributed by atoms with E-state index in [0.29, 0.717) is 34.8 Å². The number of amides is 1. The van der Waals surface area contributed by atoms with Crippen LogP contribution >= 0.6 is 0 Å². The minimum atomic E-state index is -0.730. The van der Waals surface area contributed by atoms with Crippen molar-refractivity contribution in [2.45, 2.75) is 46.6 Å². The minimum Gasteiger partial charge on any atom is -0.461 e. The Balaban J connectivity index is 1.90. The summed E-state index contributed by atoms with van der Waals surface area (Å²) in [5, 5.41) is 0. The number of aryl methyl sites for hydroxylation is 1. The number of aromatic amines is 1. The van der Waals surface area contributed by atoms with Crippen LogP contribution in [0, 0.1) is 25.6 Å². The van der Waals surface area contributed by atoms with Crippen LogP contribution in [0.4, 0.5) is 4.39 Å². The van der Waals surface area contributed by atoms with Gasteiger partial charge in [-0.3, -0.25) is 9.59 Å². The van der Waals surface area contributed by atoms with Gasteiger partial charge in [-0.1, -0.05) is 0 Å². The Labute approximate surface area is 175 Å². The molecule has 1 saturated carbocycles. The van der Waals surface area contributed by atoms with Gasteiger partial charge in [0, 0.05) is 23.4 Å². The lowest BCUT2D eigenvalue weighted by Gasteiger charge is -2.29. The SMILES string of the molecule is CCOC(=O)c1[nH]c(C)c(C(=O)[C@H](C)N(CC2CC2)C(=O)c2ccc(F)cc2)c1C. The molecule has 0 radical (unpaired) electrons. The third kappa shape index (κ3) is 4.45. The van der Waals surface area contributed by atoms with Gasteiger partial charge in [0.1, 0.15) is 11.5 Å². The number of esters is 1. The number of nitrogens with one attached hydrogen (secondary N) is 1. The van der Waals surface area contributed by atoms with Crippen molar-refractivity contribution in [1.29, 1.82) is 0 Å². The number of Topliss-reactive ketones (excluding diaryl/α,β-unsaturated/α-hetero) is 1. The van der Waals surface area contributed by atoms with Gasteiger partial charge in [-0.15, -0.1) is 0 Å². The van der Waals surface area contributed by atoms with Gasteiger partial charge >= 0.3 is 5.97 Å². The molecule has 0 saturated heterocycles. The Kier molecular flexibility index (Phi) is 6.39. The molecule has 0 bridgehead atoms. The molecule has 0 unspecified atom stereocenters. The van der Waals surface area contributed by atoms with E-state index < -0.39 is 17.8 Å². The van der Waals surface area contributed by atoms with Crippen LogP contribution < -0.4 is 0 Å². The minimum absolute atomic E-state index is 0.233. The second-order valence-corrected chi connectivity index (χ2v) is 7.79. The van der Waals surface area contributed by atoms with Crippen LogP contribution in [0.2, 0.25) is 0 Å². The largest absolute Gasteiger partial charge is 0.461 e. The van der Waals surface area contributed by atoms with E-state index >= 15 is 0 Å². The van der Waals surface area contributed by atoms with E-state index in [1.54, 1.807) is 32.6 Å². The predicted octanol–water partition coefficient (Wildman–Crippen LogP) is 4.07. The Bertz CT molecular complexity index is 960. The highest BCUT2D eigenvalue weighted by Gasteiger charge is 2.35. The fourth-order valence-electron chi connectivity index (χ4n) is 3.63. The molecule has 3 rings (SSSR count). The summed E-state index contributed by atoms with van der Waals surface area (Å²) in [5.74, 6) is -1.11. The Morgan fingerprint density at radius 3 is 2.40 bits per heavy atom. The molecular formula is C23H27FN2O4. The molecule has 1 fully saturated rings. The zero-order valence-electron chi connectivity index (χ0n) is 17.8. The number of ketones is 1. The molecule has 1 aromatic heterocycles. The highest BCUT2D eigenvalue weighted by atomic mass is 19.1. The molecule has 30 heavy (non-hydrogen) atoms. The summed E-state index contributed by atoms with van der Waals surface area (Å²) in [6.45, 7) is 7.54. The summed E-state index contributed by atoms with van der Waals surface area (Å²) < 4.78 is 18.3. The number of nitrogens with zero attached hydrogens (tertiary/aromatic N) is 1. The van der Waals surface area contributed by atoms with Crippen molar-refractivity contribution >= 4 is 17.7 Å². The number of halogens is 1. The number of aromatic nitrogens is 1. The van der Waals surface area contributed by atoms with Gasteiger partial charge in [0.2, 0.25) is 0 Å². The maximum Gasteiger partial charge on any atom is 0.355 e. The highest BCUT2D eigenvalue weighted by molar-refractivity contribution is 6.07. The van der Waals surface area contributed by atoms with Crippen LogP contribution in [0.25, 0.3) is 0 Å². The van der Waals surface area contributed by atoms with Crippen molar-refractivity contribution in [3.8, 4) is 0 Å². The maximum atomic E-state index is 13.4. The number of carbonyl (C=O) groups excluding carboxylic acids is 3. The second-order valence-electron chi connectivity index (χ2n) is 7.79. The molecule has 1 aliphatic carbocycles. The molecule has 2 aromatic rings. The molecule has 1 amide bonds. The molecule has 0 aliphatic heterocycles. The molecule has 6 nitrogen and oxygen atoms in total. The van der Waals surface area contributed by atoms with Crippen molar-refractivity contribution in [2.75, 3.05) is 13.2 Å². The highest BCUT2D eigenvalue weighted by Crippen LogP contribution is 2.32. The number of H-pyrrole nitrogens is 1. The molecule has 160 valence electrons. The van der Waals surface area contributed by atoms with E-state index in [2.05, 4.69) is 4.98 Å². The lowest BCUT2D eigenvalue weighted by atomic mass is 9.99. The molecule has 1 aromatic carbocycles. The van der Waals surface area contributed by atoms with E-state index in [1.165, 1.54) is 24.3 Å². The van der Waals surface area contributed by atoms with Crippen LogP contribution in [0.15, 0.2) is 24.3 Å². The van der Waals surface area contributed by atoms with Gasteiger partial charge in [0.25, 0.3) is 5.91 Å². The average Bonchev–Trinajstić information content (AvgIpc) is 3.49. The first-order valence-electron chi connectivity index (χ1n) is 10.2. The molecule has 7 heteroatoms. The number of ether oxygens (including phenoxy) is 1. The summed E-state index contributed by atoms with van der Waals surface area (Å²) >= 11 is 0. The van der Waals surface area contributed by atoms with E-state index in [-0.39, 0.29) is 24.0 Å². The van der Waals surface area contributed by atoms with E-state index in [4.69, 9.17) is 4.74 Å². The smallest absolute Gasteiger partial charge is 0.355 e. The summed E-state index contributed by atoms with van der Waals surface area (Å²) in [4.78, 5) is 43.2. The quantitative estimate of drug-likeness (QED) is 0.522. The number of hydrogen-bond donors (Lipinski definition) is 1. The monoisotopic (exact) mass is 414 g/mol. The van der Waals surface area contributed by atoms with Gasteiger partial charge in [0.15, 0.2) is 5.78 Å². The normalized spacial score (nSPS) is 14.3. The fourth-order valence-corrected chi connectivity index (χ4v) is 3.63. The van der Waals surface area contributed by atoms with E-state index in [0.717, 1.165) is 12.8 Å². The second kappa shape index (κ2) is 8.81. The van der Waals surface area contributed by atoms with Gasteiger partial charge in [-0.2, -0.15) is 0 Å². The summed E-state index contributed by atoms with van der Waals surface area (Å²) in [6, 6.07) is 4.61. The first-order valence-corrected chi connectivity index (χ1v) is 10.2.